The molecule has 0 fully saturated rings. The Morgan fingerprint density at radius 3 is 2.52 bits per heavy atom. The number of anilines is 1. The molecule has 7 nitrogen and oxygen atoms in total. The van der Waals surface area contributed by atoms with Gasteiger partial charge in [0.05, 0.1) is 13.7 Å². The Morgan fingerprint density at radius 2 is 1.83 bits per heavy atom. The Hall–Kier alpha value is -3.00. The molecule has 0 unspecified atom stereocenters. The zero-order valence-electron chi connectivity index (χ0n) is 16.8. The minimum Gasteiger partial charge on any atom is -0.496 e. The van der Waals surface area contributed by atoms with Crippen LogP contribution in [0.4, 0.5) is 5.69 Å². The third kappa shape index (κ3) is 6.25. The van der Waals surface area contributed by atoms with E-state index < -0.39 is 18.5 Å². The third-order valence-electron chi connectivity index (χ3n) is 4.29. The summed E-state index contributed by atoms with van der Waals surface area (Å²) in [5.41, 5.74) is 2.93. The molecule has 8 heteroatoms. The summed E-state index contributed by atoms with van der Waals surface area (Å²) in [5.74, 6) is -1.25. The van der Waals surface area contributed by atoms with Crippen molar-refractivity contribution in [3.63, 3.8) is 0 Å². The first-order valence-electron chi connectivity index (χ1n) is 8.87. The van der Waals surface area contributed by atoms with Crippen LogP contribution in [0.1, 0.15) is 21.5 Å². The van der Waals surface area contributed by atoms with Crippen LogP contribution in [0.15, 0.2) is 41.3 Å². The largest absolute Gasteiger partial charge is 0.496 e. The molecule has 29 heavy (non-hydrogen) atoms. The lowest BCUT2D eigenvalue weighted by atomic mass is 10.1. The first kappa shape index (κ1) is 22.3. The van der Waals surface area contributed by atoms with E-state index in [0.717, 1.165) is 16.0 Å². The molecule has 0 bridgehead atoms. The molecular weight excluding hydrogens is 392 g/mol. The highest BCUT2D eigenvalue weighted by atomic mass is 32.2. The van der Waals surface area contributed by atoms with Gasteiger partial charge >= 0.3 is 5.97 Å². The first-order chi connectivity index (χ1) is 13.8. The maximum absolute atomic E-state index is 12.2. The number of hydrogen-bond donors (Lipinski definition) is 2. The number of amides is 2. The van der Waals surface area contributed by atoms with Crippen molar-refractivity contribution in [3.8, 4) is 5.75 Å². The van der Waals surface area contributed by atoms with Crippen LogP contribution in [-0.4, -0.2) is 44.3 Å². The van der Waals surface area contributed by atoms with Crippen LogP contribution in [0.5, 0.6) is 5.75 Å². The van der Waals surface area contributed by atoms with Gasteiger partial charge in [0.15, 0.2) is 6.61 Å². The fourth-order valence-corrected chi connectivity index (χ4v) is 2.92. The van der Waals surface area contributed by atoms with Gasteiger partial charge in [0, 0.05) is 10.6 Å². The fourth-order valence-electron chi connectivity index (χ4n) is 2.49. The summed E-state index contributed by atoms with van der Waals surface area (Å²) in [6.45, 7) is 3.13. The predicted molar refractivity (Wildman–Crippen MR) is 113 cm³/mol. The molecule has 2 amide bonds. The van der Waals surface area contributed by atoms with E-state index in [4.69, 9.17) is 9.47 Å². The van der Waals surface area contributed by atoms with E-state index in [9.17, 15) is 14.4 Å². The minimum absolute atomic E-state index is 0.227. The normalized spacial score (nSPS) is 10.2. The van der Waals surface area contributed by atoms with Crippen LogP contribution in [0.3, 0.4) is 0 Å². The van der Waals surface area contributed by atoms with E-state index >= 15 is 0 Å². The minimum atomic E-state index is -0.676. The summed E-state index contributed by atoms with van der Waals surface area (Å²) in [4.78, 5) is 37.1. The van der Waals surface area contributed by atoms with Gasteiger partial charge in [-0.15, -0.1) is 11.8 Å². The molecule has 0 heterocycles. The molecule has 0 radical (unpaired) electrons. The molecule has 0 aliphatic rings. The number of ether oxygens (including phenoxy) is 2. The molecule has 0 saturated carbocycles. The summed E-state index contributed by atoms with van der Waals surface area (Å²) in [6, 6.07) is 10.7. The number of nitrogens with one attached hydrogen (secondary N) is 2. The molecule has 0 aliphatic carbocycles. The number of thioether (sulfide) groups is 1. The Kier molecular flexibility index (Phi) is 8.09. The number of rotatable bonds is 8. The molecule has 0 spiro atoms. The Labute approximate surface area is 174 Å². The molecular formula is C21H24N2O5S. The van der Waals surface area contributed by atoms with Crippen LogP contribution in [-0.2, 0) is 14.3 Å². The molecule has 0 saturated heterocycles. The van der Waals surface area contributed by atoms with E-state index in [1.807, 2.05) is 32.2 Å². The second-order valence-electron chi connectivity index (χ2n) is 6.21. The zero-order chi connectivity index (χ0) is 21.4. The molecule has 2 aromatic carbocycles. The van der Waals surface area contributed by atoms with E-state index in [1.54, 1.807) is 24.3 Å². The highest BCUT2D eigenvalue weighted by molar-refractivity contribution is 7.98. The number of benzene rings is 2. The lowest BCUT2D eigenvalue weighted by molar-refractivity contribution is -0.126. The third-order valence-corrected chi connectivity index (χ3v) is 5.01. The SMILES string of the molecule is COc1cc(SC)ccc1C(=O)OCC(=O)NCC(=O)Nc1cccc(C)c1C. The number of esters is 1. The highest BCUT2D eigenvalue weighted by Gasteiger charge is 2.16. The number of aryl methyl sites for hydroxylation is 1. The van der Waals surface area contributed by atoms with Crippen LogP contribution in [0.2, 0.25) is 0 Å². The maximum atomic E-state index is 12.2. The summed E-state index contributed by atoms with van der Waals surface area (Å²) in [5, 5.41) is 5.17. The first-order valence-corrected chi connectivity index (χ1v) is 10.1. The van der Waals surface area contributed by atoms with Crippen LogP contribution in [0.25, 0.3) is 0 Å². The molecule has 0 aromatic heterocycles. The van der Waals surface area contributed by atoms with Gasteiger partial charge in [-0.2, -0.15) is 0 Å². The van der Waals surface area contributed by atoms with Crippen molar-refractivity contribution in [1.82, 2.24) is 5.32 Å². The highest BCUT2D eigenvalue weighted by Crippen LogP contribution is 2.25. The van der Waals surface area contributed by atoms with Crippen LogP contribution in [0, 0.1) is 13.8 Å². The van der Waals surface area contributed by atoms with Gasteiger partial charge in [-0.05, 0) is 55.5 Å². The van der Waals surface area contributed by atoms with Gasteiger partial charge in [0.2, 0.25) is 5.91 Å². The van der Waals surface area contributed by atoms with Crippen molar-refractivity contribution in [1.29, 1.82) is 0 Å². The Balaban J connectivity index is 1.83. The van der Waals surface area contributed by atoms with Crippen LogP contribution >= 0.6 is 11.8 Å². The smallest absolute Gasteiger partial charge is 0.342 e. The topological polar surface area (TPSA) is 93.7 Å². The number of carbonyl (C=O) groups excluding carboxylic acids is 3. The molecule has 2 rings (SSSR count). The van der Waals surface area contributed by atoms with Gasteiger partial charge in [-0.3, -0.25) is 9.59 Å². The van der Waals surface area contributed by atoms with Crippen molar-refractivity contribution in [2.75, 3.05) is 31.8 Å². The number of methoxy groups -OCH3 is 1. The average Bonchev–Trinajstić information content (AvgIpc) is 2.73. The van der Waals surface area contributed by atoms with Crippen molar-refractivity contribution < 1.29 is 23.9 Å². The van der Waals surface area contributed by atoms with Gasteiger partial charge < -0.3 is 20.1 Å². The quantitative estimate of drug-likeness (QED) is 0.508. The monoisotopic (exact) mass is 416 g/mol. The number of hydrogen-bond acceptors (Lipinski definition) is 6. The lowest BCUT2D eigenvalue weighted by Gasteiger charge is -2.12. The lowest BCUT2D eigenvalue weighted by Crippen LogP contribution is -2.35. The standard InChI is InChI=1S/C21H24N2O5S/c1-13-6-5-7-17(14(13)2)23-19(24)11-22-20(25)12-28-21(26)16-9-8-15(29-4)10-18(16)27-3/h5-10H,11-12H2,1-4H3,(H,22,25)(H,23,24). The van der Waals surface area contributed by atoms with Crippen molar-refractivity contribution >= 4 is 35.2 Å². The van der Waals surface area contributed by atoms with Gasteiger partial charge in [-0.1, -0.05) is 12.1 Å². The van der Waals surface area contributed by atoms with Crippen molar-refractivity contribution in [3.05, 3.63) is 53.1 Å². The average molecular weight is 416 g/mol. The summed E-state index contributed by atoms with van der Waals surface area (Å²) >= 11 is 1.51. The van der Waals surface area contributed by atoms with E-state index in [-0.39, 0.29) is 18.0 Å². The predicted octanol–water partition coefficient (Wildman–Crippen LogP) is 2.95. The second kappa shape index (κ2) is 10.5. The van der Waals surface area contributed by atoms with E-state index in [0.29, 0.717) is 11.4 Å². The zero-order valence-corrected chi connectivity index (χ0v) is 17.6. The van der Waals surface area contributed by atoms with Crippen molar-refractivity contribution in [2.24, 2.45) is 0 Å². The molecule has 0 aliphatic heterocycles. The molecule has 2 N–H and O–H groups in total. The summed E-state index contributed by atoms with van der Waals surface area (Å²) in [7, 11) is 1.46. The van der Waals surface area contributed by atoms with Crippen molar-refractivity contribution in [2.45, 2.75) is 18.7 Å². The van der Waals surface area contributed by atoms with Crippen LogP contribution < -0.4 is 15.4 Å². The van der Waals surface area contributed by atoms with Gasteiger partial charge in [0.1, 0.15) is 11.3 Å². The Morgan fingerprint density at radius 1 is 1.07 bits per heavy atom. The summed E-state index contributed by atoms with van der Waals surface area (Å²) < 4.78 is 10.2. The fraction of sp³-hybridized carbons (Fsp3) is 0.286. The van der Waals surface area contributed by atoms with E-state index in [2.05, 4.69) is 10.6 Å². The maximum Gasteiger partial charge on any atom is 0.342 e. The molecule has 2 aromatic rings. The summed E-state index contributed by atoms with van der Waals surface area (Å²) in [6.07, 6.45) is 1.91. The Bertz CT molecular complexity index is 914. The molecule has 0 atom stereocenters. The number of carbonyl (C=O) groups is 3. The second-order valence-corrected chi connectivity index (χ2v) is 7.09. The molecule has 154 valence electrons. The van der Waals surface area contributed by atoms with E-state index in [1.165, 1.54) is 18.9 Å². The van der Waals surface area contributed by atoms with Gasteiger partial charge in [-0.25, -0.2) is 4.79 Å². The van der Waals surface area contributed by atoms with Gasteiger partial charge in [0.25, 0.3) is 5.91 Å².